The zero-order valence-corrected chi connectivity index (χ0v) is 12.7. The van der Waals surface area contributed by atoms with Crippen LogP contribution in [0.3, 0.4) is 0 Å². The van der Waals surface area contributed by atoms with Crippen molar-refractivity contribution in [2.45, 2.75) is 18.3 Å². The summed E-state index contributed by atoms with van der Waals surface area (Å²) in [6.45, 7) is 0.894. The van der Waals surface area contributed by atoms with E-state index in [-0.39, 0.29) is 5.41 Å². The van der Waals surface area contributed by atoms with Crippen molar-refractivity contribution in [1.82, 2.24) is 19.6 Å². The van der Waals surface area contributed by atoms with Gasteiger partial charge >= 0.3 is 0 Å². The molecule has 0 spiro atoms. The highest BCUT2D eigenvalue weighted by Gasteiger charge is 2.43. The Hall–Kier alpha value is -2.82. The van der Waals surface area contributed by atoms with Crippen LogP contribution in [0.5, 0.6) is 0 Å². The van der Waals surface area contributed by atoms with Gasteiger partial charge in [-0.25, -0.2) is 9.50 Å². The molecule has 0 aliphatic heterocycles. The normalized spacial score (nSPS) is 16.0. The zero-order chi connectivity index (χ0) is 15.3. The van der Waals surface area contributed by atoms with Gasteiger partial charge in [0.1, 0.15) is 0 Å². The summed E-state index contributed by atoms with van der Waals surface area (Å²) in [5, 5.41) is 6.76. The molecule has 2 N–H and O–H groups in total. The molecule has 5 nitrogen and oxygen atoms in total. The Morgan fingerprint density at radius 2 is 1.78 bits per heavy atom. The van der Waals surface area contributed by atoms with Crippen molar-refractivity contribution in [2.75, 3.05) is 11.9 Å². The minimum Gasteiger partial charge on any atom is -0.354 e. The molecule has 1 saturated carbocycles. The van der Waals surface area contributed by atoms with Gasteiger partial charge in [0.05, 0.1) is 11.0 Å². The third kappa shape index (κ3) is 2.00. The van der Waals surface area contributed by atoms with Crippen molar-refractivity contribution in [3.63, 3.8) is 0 Å². The van der Waals surface area contributed by atoms with Crippen LogP contribution in [-0.2, 0) is 5.41 Å². The van der Waals surface area contributed by atoms with Gasteiger partial charge in [-0.15, -0.1) is 0 Å². The van der Waals surface area contributed by atoms with Crippen LogP contribution in [0.1, 0.15) is 18.4 Å². The monoisotopic (exact) mass is 303 g/mol. The third-order valence-corrected chi connectivity index (χ3v) is 4.81. The minimum absolute atomic E-state index is 0.262. The number of rotatable bonds is 4. The Kier molecular flexibility index (Phi) is 2.53. The predicted octanol–water partition coefficient (Wildman–Crippen LogP) is 3.35. The van der Waals surface area contributed by atoms with Crippen molar-refractivity contribution in [3.05, 3.63) is 60.2 Å². The lowest BCUT2D eigenvalue weighted by Crippen LogP contribution is -2.20. The fourth-order valence-corrected chi connectivity index (χ4v) is 3.27. The van der Waals surface area contributed by atoms with E-state index in [1.54, 1.807) is 0 Å². The molecule has 5 heteroatoms. The van der Waals surface area contributed by atoms with Gasteiger partial charge in [0.15, 0.2) is 0 Å². The van der Waals surface area contributed by atoms with Crippen LogP contribution >= 0.6 is 0 Å². The molecule has 0 atom stereocenters. The molecule has 1 aliphatic rings. The van der Waals surface area contributed by atoms with E-state index in [1.807, 2.05) is 28.8 Å². The van der Waals surface area contributed by atoms with Gasteiger partial charge < -0.3 is 5.32 Å². The largest absolute Gasteiger partial charge is 0.354 e. The highest BCUT2D eigenvalue weighted by atomic mass is 15.4. The molecular weight excluding hydrogens is 286 g/mol. The van der Waals surface area contributed by atoms with Crippen molar-refractivity contribution in [3.8, 4) is 0 Å². The molecule has 0 amide bonds. The average molecular weight is 303 g/mol. The molecule has 4 aromatic rings. The molecular formula is C18H17N5. The fourth-order valence-electron chi connectivity index (χ4n) is 3.27. The van der Waals surface area contributed by atoms with Gasteiger partial charge in [-0.3, -0.25) is 5.10 Å². The summed E-state index contributed by atoms with van der Waals surface area (Å²) in [7, 11) is 0. The molecule has 114 valence electrons. The number of aromatic nitrogens is 4. The predicted molar refractivity (Wildman–Crippen MR) is 90.7 cm³/mol. The van der Waals surface area contributed by atoms with E-state index in [4.69, 9.17) is 0 Å². The number of hydrogen-bond donors (Lipinski definition) is 2. The summed E-state index contributed by atoms with van der Waals surface area (Å²) in [5.74, 6) is 1.48. The van der Waals surface area contributed by atoms with E-state index in [2.05, 4.69) is 50.7 Å². The van der Waals surface area contributed by atoms with Gasteiger partial charge in [0, 0.05) is 12.0 Å². The fraction of sp³-hybridized carbons (Fsp3) is 0.222. The molecule has 1 fully saturated rings. The number of para-hydroxylation sites is 2. The lowest BCUT2D eigenvalue weighted by Gasteiger charge is -2.15. The van der Waals surface area contributed by atoms with Gasteiger partial charge in [-0.1, -0.05) is 42.5 Å². The van der Waals surface area contributed by atoms with Gasteiger partial charge in [-0.05, 0) is 30.5 Å². The van der Waals surface area contributed by atoms with Crippen LogP contribution in [-0.4, -0.2) is 26.1 Å². The van der Waals surface area contributed by atoms with Gasteiger partial charge in [0.25, 0.3) is 5.78 Å². The minimum atomic E-state index is 0.262. The Labute approximate surface area is 133 Å². The number of hydrogen-bond acceptors (Lipinski definition) is 3. The summed E-state index contributed by atoms with van der Waals surface area (Å²) in [6, 6.07) is 18.8. The standard InChI is InChI=1S/C18H17N5/c1-2-6-13(7-3-1)18(10-11-18)12-19-16-21-17-20-14-8-4-5-9-15(14)23(17)22-16/h1-9H,10-12H2,(H2,19,20,21,22). The number of anilines is 1. The molecule has 23 heavy (non-hydrogen) atoms. The van der Waals surface area contributed by atoms with Crippen molar-refractivity contribution in [2.24, 2.45) is 0 Å². The van der Waals surface area contributed by atoms with Crippen LogP contribution in [0.4, 0.5) is 5.95 Å². The molecule has 0 radical (unpaired) electrons. The molecule has 0 saturated heterocycles. The number of benzene rings is 2. The maximum atomic E-state index is 4.56. The average Bonchev–Trinajstić information content (AvgIpc) is 3.17. The molecule has 5 rings (SSSR count). The molecule has 0 unspecified atom stereocenters. The van der Waals surface area contributed by atoms with Gasteiger partial charge in [0.2, 0.25) is 5.95 Å². The summed E-state index contributed by atoms with van der Waals surface area (Å²) >= 11 is 0. The second-order valence-electron chi connectivity index (χ2n) is 6.31. The summed E-state index contributed by atoms with van der Waals surface area (Å²) in [4.78, 5) is 9.09. The van der Waals surface area contributed by atoms with Crippen molar-refractivity contribution < 1.29 is 0 Å². The maximum Gasteiger partial charge on any atom is 0.253 e. The number of aromatic amines is 1. The van der Waals surface area contributed by atoms with Gasteiger partial charge in [-0.2, -0.15) is 4.98 Å². The Morgan fingerprint density at radius 1 is 1.00 bits per heavy atom. The highest BCUT2D eigenvalue weighted by molar-refractivity contribution is 5.79. The maximum absolute atomic E-state index is 4.56. The zero-order valence-electron chi connectivity index (χ0n) is 12.7. The number of H-pyrrole nitrogens is 1. The molecule has 1 aliphatic carbocycles. The van der Waals surface area contributed by atoms with E-state index in [0.29, 0.717) is 5.78 Å². The first-order valence-corrected chi connectivity index (χ1v) is 7.97. The van der Waals surface area contributed by atoms with Crippen LogP contribution in [0.2, 0.25) is 0 Å². The summed E-state index contributed by atoms with van der Waals surface area (Å²) in [6.07, 6.45) is 2.45. The van der Waals surface area contributed by atoms with Crippen LogP contribution < -0.4 is 5.32 Å². The van der Waals surface area contributed by atoms with E-state index in [0.717, 1.165) is 23.5 Å². The number of nitrogens with one attached hydrogen (secondary N) is 2. The molecule has 2 aromatic carbocycles. The van der Waals surface area contributed by atoms with Crippen molar-refractivity contribution in [1.29, 1.82) is 0 Å². The number of fused-ring (bicyclic) bond motifs is 3. The molecule has 0 bridgehead atoms. The van der Waals surface area contributed by atoms with E-state index in [1.165, 1.54) is 18.4 Å². The first kappa shape index (κ1) is 12.7. The lowest BCUT2D eigenvalue weighted by atomic mass is 9.96. The Bertz CT molecular complexity index is 978. The quantitative estimate of drug-likeness (QED) is 0.608. The van der Waals surface area contributed by atoms with Crippen molar-refractivity contribution >= 4 is 22.8 Å². The van der Waals surface area contributed by atoms with E-state index < -0.39 is 0 Å². The third-order valence-electron chi connectivity index (χ3n) is 4.81. The first-order valence-electron chi connectivity index (χ1n) is 7.97. The SMILES string of the molecule is c1ccc(C2(CNc3nc4nc5ccccc5n4[nH]3)CC2)cc1. The summed E-state index contributed by atoms with van der Waals surface area (Å²) in [5.41, 5.74) is 3.68. The topological polar surface area (TPSA) is 58.0 Å². The molecule has 2 heterocycles. The van der Waals surface area contributed by atoms with Crippen LogP contribution in [0.15, 0.2) is 54.6 Å². The summed E-state index contributed by atoms with van der Waals surface area (Å²) < 4.78 is 1.93. The Balaban J connectivity index is 1.42. The lowest BCUT2D eigenvalue weighted by molar-refractivity contribution is 0.727. The van der Waals surface area contributed by atoms with Crippen LogP contribution in [0.25, 0.3) is 16.8 Å². The number of imidazole rings is 1. The number of nitrogens with zero attached hydrogens (tertiary/aromatic N) is 3. The van der Waals surface area contributed by atoms with Crippen LogP contribution in [0, 0.1) is 0 Å². The Morgan fingerprint density at radius 3 is 2.61 bits per heavy atom. The van der Waals surface area contributed by atoms with E-state index in [9.17, 15) is 0 Å². The van der Waals surface area contributed by atoms with E-state index >= 15 is 0 Å². The highest BCUT2D eigenvalue weighted by Crippen LogP contribution is 2.47. The second kappa shape index (κ2) is 4.59. The first-order chi connectivity index (χ1) is 11.3. The second-order valence-corrected chi connectivity index (χ2v) is 6.31. The smallest absolute Gasteiger partial charge is 0.253 e. The molecule has 2 aromatic heterocycles.